The van der Waals surface area contributed by atoms with Gasteiger partial charge in [0.15, 0.2) is 0 Å². The SMILES string of the molecule is CN(C)CC1(c2ccccn2)CCCN1. The average Bonchev–Trinajstić information content (AvgIpc) is 2.68. The third-order valence-electron chi connectivity index (χ3n) is 2.99. The molecular formula is C12H19N3. The summed E-state index contributed by atoms with van der Waals surface area (Å²) in [6.07, 6.45) is 4.30. The van der Waals surface area contributed by atoms with E-state index in [0.29, 0.717) is 0 Å². The van der Waals surface area contributed by atoms with Gasteiger partial charge in [-0.15, -0.1) is 0 Å². The van der Waals surface area contributed by atoms with E-state index in [2.05, 4.69) is 41.4 Å². The van der Waals surface area contributed by atoms with E-state index in [1.54, 1.807) is 0 Å². The number of hydrogen-bond acceptors (Lipinski definition) is 3. The molecule has 1 aliphatic rings. The summed E-state index contributed by atoms with van der Waals surface area (Å²) in [5.74, 6) is 0. The molecule has 1 aliphatic heterocycles. The molecule has 1 atom stereocenters. The molecule has 0 aliphatic carbocycles. The molecule has 1 fully saturated rings. The van der Waals surface area contributed by atoms with Crippen molar-refractivity contribution in [1.82, 2.24) is 15.2 Å². The highest BCUT2D eigenvalue weighted by atomic mass is 15.1. The molecule has 15 heavy (non-hydrogen) atoms. The van der Waals surface area contributed by atoms with Crippen LogP contribution in [0.15, 0.2) is 24.4 Å². The van der Waals surface area contributed by atoms with Gasteiger partial charge in [0.1, 0.15) is 0 Å². The standard InChI is InChI=1S/C12H19N3/c1-15(2)10-12(7-5-9-14-12)11-6-3-4-8-13-11/h3-4,6,8,14H,5,7,9-10H2,1-2H3. The first-order valence-electron chi connectivity index (χ1n) is 5.54. The van der Waals surface area contributed by atoms with Crippen molar-refractivity contribution in [3.05, 3.63) is 30.1 Å². The molecule has 1 N–H and O–H groups in total. The van der Waals surface area contributed by atoms with Crippen LogP contribution >= 0.6 is 0 Å². The molecule has 0 aromatic carbocycles. The largest absolute Gasteiger partial charge is 0.307 e. The van der Waals surface area contributed by atoms with Crippen LogP contribution in [0.25, 0.3) is 0 Å². The Kier molecular flexibility index (Phi) is 3.03. The number of nitrogens with zero attached hydrogens (tertiary/aromatic N) is 2. The van der Waals surface area contributed by atoms with Crippen LogP contribution < -0.4 is 5.32 Å². The van der Waals surface area contributed by atoms with Gasteiger partial charge in [0.25, 0.3) is 0 Å². The van der Waals surface area contributed by atoms with Crippen LogP contribution in [0.2, 0.25) is 0 Å². The lowest BCUT2D eigenvalue weighted by Crippen LogP contribution is -2.45. The smallest absolute Gasteiger partial charge is 0.0737 e. The van der Waals surface area contributed by atoms with Gasteiger partial charge in [0.2, 0.25) is 0 Å². The molecule has 82 valence electrons. The Bertz CT molecular complexity index is 302. The Morgan fingerprint density at radius 1 is 1.47 bits per heavy atom. The second-order valence-electron chi connectivity index (χ2n) is 4.57. The number of pyridine rings is 1. The van der Waals surface area contributed by atoms with Crippen LogP contribution in [-0.2, 0) is 5.54 Å². The molecule has 2 heterocycles. The van der Waals surface area contributed by atoms with Crippen molar-refractivity contribution in [2.75, 3.05) is 27.2 Å². The highest BCUT2D eigenvalue weighted by Crippen LogP contribution is 2.29. The van der Waals surface area contributed by atoms with Crippen LogP contribution in [-0.4, -0.2) is 37.1 Å². The molecular weight excluding hydrogens is 186 g/mol. The Balaban J connectivity index is 2.26. The van der Waals surface area contributed by atoms with Crippen molar-refractivity contribution in [2.45, 2.75) is 18.4 Å². The van der Waals surface area contributed by atoms with Gasteiger partial charge in [0.05, 0.1) is 11.2 Å². The summed E-state index contributed by atoms with van der Waals surface area (Å²) < 4.78 is 0. The number of aromatic nitrogens is 1. The molecule has 1 saturated heterocycles. The van der Waals surface area contributed by atoms with E-state index in [0.717, 1.165) is 13.1 Å². The minimum Gasteiger partial charge on any atom is -0.307 e. The molecule has 2 rings (SSSR count). The third-order valence-corrected chi connectivity index (χ3v) is 2.99. The topological polar surface area (TPSA) is 28.2 Å². The summed E-state index contributed by atoms with van der Waals surface area (Å²) in [4.78, 5) is 6.73. The first-order chi connectivity index (χ1) is 7.23. The highest BCUT2D eigenvalue weighted by molar-refractivity contribution is 5.18. The molecule has 0 radical (unpaired) electrons. The fourth-order valence-electron chi connectivity index (χ4n) is 2.43. The zero-order chi connectivity index (χ0) is 10.7. The van der Waals surface area contributed by atoms with Gasteiger partial charge in [-0.3, -0.25) is 4.98 Å². The van der Waals surface area contributed by atoms with E-state index in [-0.39, 0.29) is 5.54 Å². The van der Waals surface area contributed by atoms with Gasteiger partial charge in [-0.05, 0) is 45.6 Å². The van der Waals surface area contributed by atoms with E-state index in [1.807, 2.05) is 12.3 Å². The van der Waals surface area contributed by atoms with Crippen molar-refractivity contribution >= 4 is 0 Å². The summed E-state index contributed by atoms with van der Waals surface area (Å²) in [5, 5.41) is 3.61. The zero-order valence-electron chi connectivity index (χ0n) is 9.53. The van der Waals surface area contributed by atoms with Crippen LogP contribution in [0.4, 0.5) is 0 Å². The minimum atomic E-state index is 0.0742. The van der Waals surface area contributed by atoms with E-state index >= 15 is 0 Å². The van der Waals surface area contributed by atoms with Crippen LogP contribution in [0, 0.1) is 0 Å². The normalized spacial score (nSPS) is 26.1. The molecule has 0 amide bonds. The molecule has 1 aromatic heterocycles. The Labute approximate surface area is 91.5 Å². The van der Waals surface area contributed by atoms with Crippen molar-refractivity contribution < 1.29 is 0 Å². The summed E-state index contributed by atoms with van der Waals surface area (Å²) in [6.45, 7) is 2.12. The van der Waals surface area contributed by atoms with Gasteiger partial charge >= 0.3 is 0 Å². The lowest BCUT2D eigenvalue weighted by atomic mass is 9.92. The summed E-state index contributed by atoms with van der Waals surface area (Å²) in [7, 11) is 4.23. The summed E-state index contributed by atoms with van der Waals surface area (Å²) >= 11 is 0. The first-order valence-corrected chi connectivity index (χ1v) is 5.54. The molecule has 0 spiro atoms. The summed E-state index contributed by atoms with van der Waals surface area (Å²) in [5.41, 5.74) is 1.25. The fourth-order valence-corrected chi connectivity index (χ4v) is 2.43. The van der Waals surface area contributed by atoms with E-state index in [9.17, 15) is 0 Å². The quantitative estimate of drug-likeness (QED) is 0.804. The van der Waals surface area contributed by atoms with E-state index in [4.69, 9.17) is 0 Å². The van der Waals surface area contributed by atoms with Gasteiger partial charge in [-0.25, -0.2) is 0 Å². The first kappa shape index (κ1) is 10.6. The van der Waals surface area contributed by atoms with Crippen LogP contribution in [0.3, 0.4) is 0 Å². The molecule has 3 nitrogen and oxygen atoms in total. The Morgan fingerprint density at radius 3 is 2.87 bits per heavy atom. The summed E-state index contributed by atoms with van der Waals surface area (Å²) in [6, 6.07) is 6.17. The van der Waals surface area contributed by atoms with E-state index in [1.165, 1.54) is 18.5 Å². The number of rotatable bonds is 3. The predicted molar refractivity (Wildman–Crippen MR) is 61.7 cm³/mol. The molecule has 0 saturated carbocycles. The van der Waals surface area contributed by atoms with Gasteiger partial charge < -0.3 is 10.2 Å². The Hall–Kier alpha value is -0.930. The van der Waals surface area contributed by atoms with E-state index < -0.39 is 0 Å². The van der Waals surface area contributed by atoms with Crippen molar-refractivity contribution in [3.63, 3.8) is 0 Å². The number of likely N-dealkylation sites (N-methyl/N-ethyl adjacent to an activating group) is 1. The minimum absolute atomic E-state index is 0.0742. The second kappa shape index (κ2) is 4.29. The lowest BCUT2D eigenvalue weighted by Gasteiger charge is -2.31. The maximum atomic E-state index is 4.50. The lowest BCUT2D eigenvalue weighted by molar-refractivity contribution is 0.254. The third kappa shape index (κ3) is 2.19. The van der Waals surface area contributed by atoms with Gasteiger partial charge in [0, 0.05) is 12.7 Å². The molecule has 0 bridgehead atoms. The monoisotopic (exact) mass is 205 g/mol. The molecule has 3 heteroatoms. The van der Waals surface area contributed by atoms with Crippen LogP contribution in [0.1, 0.15) is 18.5 Å². The number of nitrogens with one attached hydrogen (secondary N) is 1. The average molecular weight is 205 g/mol. The van der Waals surface area contributed by atoms with Gasteiger partial charge in [-0.2, -0.15) is 0 Å². The maximum Gasteiger partial charge on any atom is 0.0737 e. The predicted octanol–water partition coefficient (Wildman–Crippen LogP) is 1.22. The number of hydrogen-bond donors (Lipinski definition) is 1. The van der Waals surface area contributed by atoms with Crippen molar-refractivity contribution in [3.8, 4) is 0 Å². The van der Waals surface area contributed by atoms with Crippen molar-refractivity contribution in [2.24, 2.45) is 0 Å². The molecule has 1 aromatic rings. The fraction of sp³-hybridized carbons (Fsp3) is 0.583. The Morgan fingerprint density at radius 2 is 2.33 bits per heavy atom. The second-order valence-corrected chi connectivity index (χ2v) is 4.57. The van der Waals surface area contributed by atoms with Crippen molar-refractivity contribution in [1.29, 1.82) is 0 Å². The highest BCUT2D eigenvalue weighted by Gasteiger charge is 2.36. The maximum absolute atomic E-state index is 4.50. The van der Waals surface area contributed by atoms with Crippen LogP contribution in [0.5, 0.6) is 0 Å². The zero-order valence-corrected chi connectivity index (χ0v) is 9.53. The van der Waals surface area contributed by atoms with Gasteiger partial charge in [-0.1, -0.05) is 6.07 Å². The molecule has 1 unspecified atom stereocenters.